The number of ether oxygens (including phenoxy) is 1. The normalized spacial score (nSPS) is 20.2. The molecule has 104 valence electrons. The molecule has 1 aromatic rings. The Morgan fingerprint density at radius 3 is 2.89 bits per heavy atom. The first-order chi connectivity index (χ1) is 9.13. The van der Waals surface area contributed by atoms with E-state index >= 15 is 0 Å². The molecule has 0 spiro atoms. The fourth-order valence-electron chi connectivity index (χ4n) is 2.10. The predicted molar refractivity (Wildman–Crippen MR) is 75.2 cm³/mol. The van der Waals surface area contributed by atoms with Gasteiger partial charge in [0.15, 0.2) is 0 Å². The van der Waals surface area contributed by atoms with Crippen LogP contribution in [0, 0.1) is 0 Å². The van der Waals surface area contributed by atoms with E-state index in [0.29, 0.717) is 24.7 Å². The third kappa shape index (κ3) is 4.82. The van der Waals surface area contributed by atoms with Crippen LogP contribution in [-0.4, -0.2) is 43.2 Å². The zero-order valence-corrected chi connectivity index (χ0v) is 11.8. The lowest BCUT2D eigenvalue weighted by Crippen LogP contribution is -2.45. The molecule has 19 heavy (non-hydrogen) atoms. The summed E-state index contributed by atoms with van der Waals surface area (Å²) in [5, 5.41) is 3.62. The summed E-state index contributed by atoms with van der Waals surface area (Å²) in [6, 6.07) is 7.48. The van der Waals surface area contributed by atoms with Crippen molar-refractivity contribution >= 4 is 17.5 Å². The number of nitrogens with zero attached hydrogens (tertiary/aromatic N) is 1. The Balaban J connectivity index is 1.73. The summed E-state index contributed by atoms with van der Waals surface area (Å²) in [7, 11) is 0. The van der Waals surface area contributed by atoms with Gasteiger partial charge >= 0.3 is 0 Å². The molecule has 1 saturated heterocycles. The highest BCUT2D eigenvalue weighted by Crippen LogP contribution is 2.09. The van der Waals surface area contributed by atoms with Crippen molar-refractivity contribution in [1.82, 2.24) is 10.2 Å². The van der Waals surface area contributed by atoms with Gasteiger partial charge in [-0.05, 0) is 24.6 Å². The highest BCUT2D eigenvalue weighted by molar-refractivity contribution is 6.30. The Morgan fingerprint density at radius 2 is 2.21 bits per heavy atom. The molecule has 0 radical (unpaired) electrons. The van der Waals surface area contributed by atoms with Crippen molar-refractivity contribution in [3.63, 3.8) is 0 Å². The van der Waals surface area contributed by atoms with E-state index in [9.17, 15) is 4.79 Å². The van der Waals surface area contributed by atoms with Crippen molar-refractivity contribution < 1.29 is 9.53 Å². The summed E-state index contributed by atoms with van der Waals surface area (Å²) in [5.74, 6) is 0.0454. The number of morpholine rings is 1. The number of carbonyl (C=O) groups is 1. The van der Waals surface area contributed by atoms with Crippen LogP contribution in [0.25, 0.3) is 0 Å². The molecular weight excluding hydrogens is 264 g/mol. The van der Waals surface area contributed by atoms with Crippen LogP contribution < -0.4 is 5.32 Å². The van der Waals surface area contributed by atoms with Crippen molar-refractivity contribution in [1.29, 1.82) is 0 Å². The Kier molecular flexibility index (Phi) is 5.19. The first-order valence-corrected chi connectivity index (χ1v) is 6.86. The first kappa shape index (κ1) is 14.3. The quantitative estimate of drug-likeness (QED) is 0.914. The lowest BCUT2D eigenvalue weighted by molar-refractivity contribution is -0.124. The zero-order valence-electron chi connectivity index (χ0n) is 11.1. The van der Waals surface area contributed by atoms with Gasteiger partial charge in [0, 0.05) is 24.7 Å². The molecule has 1 atom stereocenters. The maximum atomic E-state index is 11.8. The Hall–Kier alpha value is -1.10. The fraction of sp³-hybridized carbons (Fsp3) is 0.500. The van der Waals surface area contributed by atoms with Crippen molar-refractivity contribution in [3.05, 3.63) is 34.9 Å². The molecule has 5 heteroatoms. The average molecular weight is 283 g/mol. The molecule has 1 aliphatic rings. The smallest absolute Gasteiger partial charge is 0.234 e. The second-order valence-electron chi connectivity index (χ2n) is 4.82. The number of rotatable bonds is 4. The second-order valence-corrected chi connectivity index (χ2v) is 5.26. The number of carbonyl (C=O) groups excluding carboxylic acids is 1. The molecule has 0 unspecified atom stereocenters. The van der Waals surface area contributed by atoms with Crippen LogP contribution in [0.3, 0.4) is 0 Å². The van der Waals surface area contributed by atoms with Gasteiger partial charge in [0.05, 0.1) is 19.3 Å². The van der Waals surface area contributed by atoms with Crippen LogP contribution in [0.15, 0.2) is 24.3 Å². The summed E-state index contributed by atoms with van der Waals surface area (Å²) >= 11 is 5.81. The summed E-state index contributed by atoms with van der Waals surface area (Å²) < 4.78 is 5.44. The van der Waals surface area contributed by atoms with E-state index < -0.39 is 0 Å². The van der Waals surface area contributed by atoms with E-state index in [1.807, 2.05) is 31.2 Å². The molecule has 0 bridgehead atoms. The van der Waals surface area contributed by atoms with Crippen LogP contribution in [0.2, 0.25) is 5.02 Å². The average Bonchev–Trinajstić information content (AvgIpc) is 2.38. The highest BCUT2D eigenvalue weighted by Gasteiger charge is 2.18. The van der Waals surface area contributed by atoms with Crippen LogP contribution in [0.5, 0.6) is 0 Å². The zero-order chi connectivity index (χ0) is 13.7. The lowest BCUT2D eigenvalue weighted by Gasteiger charge is -2.30. The fourth-order valence-corrected chi connectivity index (χ4v) is 2.22. The molecule has 1 heterocycles. The number of nitrogens with one attached hydrogen (secondary N) is 1. The minimum atomic E-state index is 0.0454. The summed E-state index contributed by atoms with van der Waals surface area (Å²) in [6.07, 6.45) is 0.206. The van der Waals surface area contributed by atoms with E-state index in [-0.39, 0.29) is 12.0 Å². The van der Waals surface area contributed by atoms with Crippen LogP contribution >= 0.6 is 11.6 Å². The summed E-state index contributed by atoms with van der Waals surface area (Å²) in [4.78, 5) is 14.0. The van der Waals surface area contributed by atoms with Gasteiger partial charge in [-0.25, -0.2) is 0 Å². The van der Waals surface area contributed by atoms with E-state index in [0.717, 1.165) is 18.7 Å². The van der Waals surface area contributed by atoms with Crippen LogP contribution in [0.1, 0.15) is 12.5 Å². The number of benzene rings is 1. The minimum Gasteiger partial charge on any atom is -0.376 e. The molecule has 4 nitrogen and oxygen atoms in total. The third-order valence-electron chi connectivity index (χ3n) is 3.10. The molecule has 0 saturated carbocycles. The topological polar surface area (TPSA) is 41.6 Å². The van der Waals surface area contributed by atoms with Crippen molar-refractivity contribution in [2.45, 2.75) is 19.6 Å². The van der Waals surface area contributed by atoms with E-state index in [1.54, 1.807) is 0 Å². The van der Waals surface area contributed by atoms with Gasteiger partial charge < -0.3 is 10.1 Å². The molecule has 0 aromatic heterocycles. The van der Waals surface area contributed by atoms with E-state index in [4.69, 9.17) is 16.3 Å². The first-order valence-electron chi connectivity index (χ1n) is 6.48. The van der Waals surface area contributed by atoms with Gasteiger partial charge in [-0.1, -0.05) is 23.7 Å². The van der Waals surface area contributed by atoms with Crippen molar-refractivity contribution in [3.8, 4) is 0 Å². The minimum absolute atomic E-state index is 0.0454. The Morgan fingerprint density at radius 1 is 1.47 bits per heavy atom. The van der Waals surface area contributed by atoms with Gasteiger partial charge in [-0.15, -0.1) is 0 Å². The molecule has 1 fully saturated rings. The maximum Gasteiger partial charge on any atom is 0.234 e. The number of halogens is 1. The molecule has 1 amide bonds. The van der Waals surface area contributed by atoms with Crippen LogP contribution in [0.4, 0.5) is 0 Å². The third-order valence-corrected chi connectivity index (χ3v) is 3.35. The molecule has 1 N–H and O–H groups in total. The Labute approximate surface area is 118 Å². The van der Waals surface area contributed by atoms with E-state index in [1.165, 1.54) is 0 Å². The number of amides is 1. The standard InChI is InChI=1S/C14H19ClN2O2/c1-11-9-17(6-7-19-11)10-14(18)16-8-12-2-4-13(15)5-3-12/h2-5,11H,6-10H2,1H3,(H,16,18)/t11-/m1/s1. The molecule has 2 rings (SSSR count). The number of hydrogen-bond acceptors (Lipinski definition) is 3. The van der Waals surface area contributed by atoms with Crippen molar-refractivity contribution in [2.24, 2.45) is 0 Å². The SMILES string of the molecule is C[C@@H]1CN(CC(=O)NCc2ccc(Cl)cc2)CCO1. The molecule has 1 aromatic carbocycles. The molecular formula is C14H19ClN2O2. The van der Waals surface area contributed by atoms with Gasteiger partial charge in [0.1, 0.15) is 0 Å². The molecule has 1 aliphatic heterocycles. The highest BCUT2D eigenvalue weighted by atomic mass is 35.5. The summed E-state index contributed by atoms with van der Waals surface area (Å²) in [6.45, 7) is 5.33. The summed E-state index contributed by atoms with van der Waals surface area (Å²) in [5.41, 5.74) is 1.05. The number of hydrogen-bond donors (Lipinski definition) is 1. The van der Waals surface area contributed by atoms with E-state index in [2.05, 4.69) is 10.2 Å². The lowest BCUT2D eigenvalue weighted by atomic mass is 10.2. The van der Waals surface area contributed by atoms with Gasteiger partial charge in [-0.2, -0.15) is 0 Å². The monoisotopic (exact) mass is 282 g/mol. The maximum absolute atomic E-state index is 11.8. The van der Waals surface area contributed by atoms with Gasteiger partial charge in [0.2, 0.25) is 5.91 Å². The predicted octanol–water partition coefficient (Wildman–Crippen LogP) is 1.68. The van der Waals surface area contributed by atoms with Crippen molar-refractivity contribution in [2.75, 3.05) is 26.2 Å². The Bertz CT molecular complexity index is 422. The second kappa shape index (κ2) is 6.89. The van der Waals surface area contributed by atoms with Gasteiger partial charge in [-0.3, -0.25) is 9.69 Å². The largest absolute Gasteiger partial charge is 0.376 e. The van der Waals surface area contributed by atoms with Crippen LogP contribution in [-0.2, 0) is 16.1 Å². The molecule has 0 aliphatic carbocycles. The van der Waals surface area contributed by atoms with Gasteiger partial charge in [0.25, 0.3) is 0 Å².